The molecule has 1 atom stereocenters. The van der Waals surface area contributed by atoms with E-state index in [9.17, 15) is 4.79 Å². The minimum Gasteiger partial charge on any atom is -0.493 e. The van der Waals surface area contributed by atoms with Gasteiger partial charge in [0.05, 0.1) is 18.7 Å². The lowest BCUT2D eigenvalue weighted by Gasteiger charge is -2.15. The van der Waals surface area contributed by atoms with E-state index in [0.29, 0.717) is 47.1 Å². The Morgan fingerprint density at radius 3 is 2.80 bits per heavy atom. The van der Waals surface area contributed by atoms with E-state index in [1.54, 1.807) is 19.2 Å². The van der Waals surface area contributed by atoms with Crippen LogP contribution in [0.15, 0.2) is 12.1 Å². The number of hydrogen-bond donors (Lipinski definition) is 2. The van der Waals surface area contributed by atoms with Gasteiger partial charge in [-0.15, -0.1) is 12.4 Å². The Morgan fingerprint density at radius 2 is 2.20 bits per heavy atom. The van der Waals surface area contributed by atoms with E-state index < -0.39 is 0 Å². The lowest BCUT2D eigenvalue weighted by atomic mass is 10.1. The van der Waals surface area contributed by atoms with Gasteiger partial charge in [0, 0.05) is 12.1 Å². The fourth-order valence-electron chi connectivity index (χ4n) is 2.69. The summed E-state index contributed by atoms with van der Waals surface area (Å²) in [5.74, 6) is 1.85. The van der Waals surface area contributed by atoms with Crippen LogP contribution in [-0.4, -0.2) is 39.3 Å². The predicted octanol–water partition coefficient (Wildman–Crippen LogP) is 3.53. The van der Waals surface area contributed by atoms with Crippen molar-refractivity contribution in [2.45, 2.75) is 26.7 Å². The average Bonchev–Trinajstić information content (AvgIpc) is 3.06. The maximum absolute atomic E-state index is 12.3. The summed E-state index contributed by atoms with van der Waals surface area (Å²) < 4.78 is 11.0. The van der Waals surface area contributed by atoms with Crippen molar-refractivity contribution in [2.24, 2.45) is 11.8 Å². The van der Waals surface area contributed by atoms with Gasteiger partial charge in [0.2, 0.25) is 0 Å². The molecule has 2 N–H and O–H groups in total. The van der Waals surface area contributed by atoms with Crippen molar-refractivity contribution in [3.63, 3.8) is 0 Å². The van der Waals surface area contributed by atoms with Gasteiger partial charge >= 0.3 is 0 Å². The maximum atomic E-state index is 12.3. The molecule has 1 unspecified atom stereocenters. The Balaban J connectivity index is 0.00000312. The molecular formula is C18H28Cl2N2O3. The highest BCUT2D eigenvalue weighted by Gasteiger charge is 2.17. The summed E-state index contributed by atoms with van der Waals surface area (Å²) in [5, 5.41) is 6.67. The van der Waals surface area contributed by atoms with Gasteiger partial charge in [-0.1, -0.05) is 25.4 Å². The fourth-order valence-corrected chi connectivity index (χ4v) is 2.96. The number of rotatable bonds is 8. The molecule has 0 saturated carbocycles. The zero-order valence-electron chi connectivity index (χ0n) is 15.1. The highest BCUT2D eigenvalue weighted by atomic mass is 35.5. The molecule has 5 nitrogen and oxygen atoms in total. The first-order valence-corrected chi connectivity index (χ1v) is 8.88. The van der Waals surface area contributed by atoms with Crippen molar-refractivity contribution in [2.75, 3.05) is 33.4 Å². The normalized spacial score (nSPS) is 16.4. The number of amides is 1. The Bertz CT molecular complexity index is 561. The number of hydrogen-bond acceptors (Lipinski definition) is 4. The number of ether oxygens (including phenoxy) is 2. The first kappa shape index (κ1) is 21.9. The third-order valence-electron chi connectivity index (χ3n) is 4.05. The van der Waals surface area contributed by atoms with E-state index in [4.69, 9.17) is 21.1 Å². The highest BCUT2D eigenvalue weighted by Crippen LogP contribution is 2.36. The molecule has 0 aliphatic carbocycles. The predicted molar refractivity (Wildman–Crippen MR) is 104 cm³/mol. The molecule has 0 bridgehead atoms. The van der Waals surface area contributed by atoms with Crippen LogP contribution in [-0.2, 0) is 0 Å². The molecule has 1 aromatic rings. The molecule has 1 aliphatic heterocycles. The van der Waals surface area contributed by atoms with Gasteiger partial charge in [0.25, 0.3) is 5.91 Å². The van der Waals surface area contributed by atoms with Gasteiger partial charge in [-0.05, 0) is 49.9 Å². The largest absolute Gasteiger partial charge is 0.493 e. The smallest absolute Gasteiger partial charge is 0.251 e. The summed E-state index contributed by atoms with van der Waals surface area (Å²) in [4.78, 5) is 12.3. The Labute approximate surface area is 161 Å². The van der Waals surface area contributed by atoms with E-state index >= 15 is 0 Å². The molecule has 7 heteroatoms. The zero-order chi connectivity index (χ0) is 17.5. The molecule has 0 aromatic heterocycles. The van der Waals surface area contributed by atoms with Crippen LogP contribution < -0.4 is 20.1 Å². The Hall–Kier alpha value is -1.17. The SMILES string of the molecule is COc1cc(C(=O)NCCC2CCNC2)cc(Cl)c1OCC(C)C.Cl. The van der Waals surface area contributed by atoms with E-state index in [1.807, 2.05) is 0 Å². The van der Waals surface area contributed by atoms with Crippen LogP contribution in [0.5, 0.6) is 11.5 Å². The van der Waals surface area contributed by atoms with Gasteiger partial charge in [-0.2, -0.15) is 0 Å². The summed E-state index contributed by atoms with van der Waals surface area (Å²) in [6, 6.07) is 3.31. The van der Waals surface area contributed by atoms with E-state index in [1.165, 1.54) is 6.42 Å². The topological polar surface area (TPSA) is 59.6 Å². The van der Waals surface area contributed by atoms with Crippen LogP contribution in [0.25, 0.3) is 0 Å². The van der Waals surface area contributed by atoms with Crippen LogP contribution >= 0.6 is 24.0 Å². The van der Waals surface area contributed by atoms with Gasteiger partial charge in [0.1, 0.15) is 0 Å². The summed E-state index contributed by atoms with van der Waals surface area (Å²) in [6.07, 6.45) is 2.16. The minimum absolute atomic E-state index is 0. The number of halogens is 2. The molecule has 1 heterocycles. The van der Waals surface area contributed by atoms with Crippen LogP contribution in [0.3, 0.4) is 0 Å². The minimum atomic E-state index is -0.142. The fraction of sp³-hybridized carbons (Fsp3) is 0.611. The number of nitrogens with one attached hydrogen (secondary N) is 2. The molecule has 1 aromatic carbocycles. The molecule has 142 valence electrons. The standard InChI is InChI=1S/C18H27ClN2O3.ClH/c1-12(2)11-24-17-15(19)8-14(9-16(17)23-3)18(22)21-7-5-13-4-6-20-10-13;/h8-9,12-13,20H,4-7,10-11H2,1-3H3,(H,21,22);1H. The summed E-state index contributed by atoms with van der Waals surface area (Å²) in [6.45, 7) is 7.43. The summed E-state index contributed by atoms with van der Waals surface area (Å²) in [5.41, 5.74) is 0.485. The summed E-state index contributed by atoms with van der Waals surface area (Å²) in [7, 11) is 1.54. The molecule has 1 saturated heterocycles. The van der Waals surface area contributed by atoms with Crippen molar-refractivity contribution >= 4 is 29.9 Å². The molecule has 25 heavy (non-hydrogen) atoms. The lowest BCUT2D eigenvalue weighted by molar-refractivity contribution is 0.0951. The molecule has 1 amide bonds. The molecular weight excluding hydrogens is 363 g/mol. The molecule has 2 rings (SSSR count). The second-order valence-electron chi connectivity index (χ2n) is 6.60. The molecule has 0 radical (unpaired) electrons. The number of methoxy groups -OCH3 is 1. The van der Waals surface area contributed by atoms with E-state index in [0.717, 1.165) is 19.5 Å². The third kappa shape index (κ3) is 6.57. The van der Waals surface area contributed by atoms with Gasteiger partial charge < -0.3 is 20.1 Å². The second-order valence-corrected chi connectivity index (χ2v) is 7.00. The van der Waals surface area contributed by atoms with Crippen LogP contribution in [0, 0.1) is 11.8 Å². The van der Waals surface area contributed by atoms with Gasteiger partial charge in [-0.3, -0.25) is 4.79 Å². The van der Waals surface area contributed by atoms with Crippen molar-refractivity contribution < 1.29 is 14.3 Å². The van der Waals surface area contributed by atoms with Crippen molar-refractivity contribution in [3.8, 4) is 11.5 Å². The van der Waals surface area contributed by atoms with Crippen molar-refractivity contribution in [3.05, 3.63) is 22.7 Å². The number of carbonyl (C=O) groups excluding carboxylic acids is 1. The molecule has 0 spiro atoms. The maximum Gasteiger partial charge on any atom is 0.251 e. The Kier molecular flexibility index (Phi) is 9.39. The average molecular weight is 391 g/mol. The number of benzene rings is 1. The van der Waals surface area contributed by atoms with Gasteiger partial charge in [0.15, 0.2) is 11.5 Å². The monoisotopic (exact) mass is 390 g/mol. The highest BCUT2D eigenvalue weighted by molar-refractivity contribution is 6.32. The van der Waals surface area contributed by atoms with Crippen molar-refractivity contribution in [1.82, 2.24) is 10.6 Å². The summed E-state index contributed by atoms with van der Waals surface area (Å²) >= 11 is 6.29. The second kappa shape index (κ2) is 10.7. The van der Waals surface area contributed by atoms with Crippen molar-refractivity contribution in [1.29, 1.82) is 0 Å². The third-order valence-corrected chi connectivity index (χ3v) is 4.33. The van der Waals surface area contributed by atoms with Crippen LogP contribution in [0.2, 0.25) is 5.02 Å². The molecule has 1 fully saturated rings. The molecule has 1 aliphatic rings. The zero-order valence-corrected chi connectivity index (χ0v) is 16.6. The lowest BCUT2D eigenvalue weighted by Crippen LogP contribution is -2.26. The van der Waals surface area contributed by atoms with E-state index in [2.05, 4.69) is 24.5 Å². The first-order chi connectivity index (χ1) is 11.5. The van der Waals surface area contributed by atoms with E-state index in [-0.39, 0.29) is 18.3 Å². The Morgan fingerprint density at radius 1 is 1.44 bits per heavy atom. The van der Waals surface area contributed by atoms with Crippen LogP contribution in [0.4, 0.5) is 0 Å². The number of carbonyl (C=O) groups is 1. The van der Waals surface area contributed by atoms with Gasteiger partial charge in [-0.25, -0.2) is 0 Å². The van der Waals surface area contributed by atoms with Crippen LogP contribution in [0.1, 0.15) is 37.0 Å². The quantitative estimate of drug-likeness (QED) is 0.712. The first-order valence-electron chi connectivity index (χ1n) is 8.50.